The number of likely N-dealkylation sites (tertiary alicyclic amines) is 1. The van der Waals surface area contributed by atoms with Crippen LogP contribution >= 0.6 is 0 Å². The molecule has 2 heterocycles. The van der Waals surface area contributed by atoms with Gasteiger partial charge in [0.05, 0.1) is 13.2 Å². The molecule has 0 unspecified atom stereocenters. The van der Waals surface area contributed by atoms with Gasteiger partial charge < -0.3 is 14.7 Å². The summed E-state index contributed by atoms with van der Waals surface area (Å²) < 4.78 is 19.0. The van der Waals surface area contributed by atoms with Gasteiger partial charge in [-0.15, -0.1) is 0 Å². The largest absolute Gasteiger partial charge is 0.396 e. The summed E-state index contributed by atoms with van der Waals surface area (Å²) in [4.78, 5) is 17.3. The molecule has 1 N–H and O–H groups in total. The van der Waals surface area contributed by atoms with E-state index >= 15 is 0 Å². The summed E-state index contributed by atoms with van der Waals surface area (Å²) >= 11 is 0. The Hall–Kier alpha value is -2.28. The molecule has 0 radical (unpaired) electrons. The third-order valence-electron chi connectivity index (χ3n) is 5.96. The molecule has 2 fully saturated rings. The number of aliphatic hydroxyl groups excluding tert-OH is 1. The van der Waals surface area contributed by atoms with Gasteiger partial charge in [0.2, 0.25) is 0 Å². The van der Waals surface area contributed by atoms with Crippen LogP contribution in [0.4, 0.5) is 4.39 Å². The Balaban J connectivity index is 1.47. The topological polar surface area (TPSA) is 53.0 Å². The Morgan fingerprint density at radius 1 is 1.03 bits per heavy atom. The van der Waals surface area contributed by atoms with Crippen LogP contribution in [0.25, 0.3) is 11.1 Å². The maximum Gasteiger partial charge on any atom is 0.253 e. The second-order valence-electron chi connectivity index (χ2n) is 7.92. The first-order chi connectivity index (χ1) is 14.1. The van der Waals surface area contributed by atoms with Crippen molar-refractivity contribution in [1.29, 1.82) is 0 Å². The molecule has 5 nitrogen and oxygen atoms in total. The van der Waals surface area contributed by atoms with Gasteiger partial charge in [0, 0.05) is 50.8 Å². The molecule has 1 amide bonds. The molecule has 6 heteroatoms. The Morgan fingerprint density at radius 2 is 1.72 bits per heavy atom. The maximum atomic E-state index is 13.6. The van der Waals surface area contributed by atoms with E-state index in [9.17, 15) is 14.3 Å². The van der Waals surface area contributed by atoms with E-state index in [2.05, 4.69) is 4.90 Å². The molecular weight excluding hydrogens is 371 g/mol. The van der Waals surface area contributed by atoms with Crippen molar-refractivity contribution in [3.8, 4) is 11.1 Å². The predicted octanol–water partition coefficient (Wildman–Crippen LogP) is 2.51. The number of carbonyl (C=O) groups is 1. The van der Waals surface area contributed by atoms with Crippen molar-refractivity contribution in [3.05, 3.63) is 59.9 Å². The standard InChI is InChI=1S/C23H27FN2O3/c24-22-6-2-4-18(12-22)17-3-1-5-19(11-17)23(28)26-14-20(21(15-26)16-27)13-25-7-9-29-10-8-25/h1-6,11-12,20-21,27H,7-10,13-16H2/t20-,21-/m1/s1. The van der Waals surface area contributed by atoms with Crippen LogP contribution in [-0.2, 0) is 4.74 Å². The molecular formula is C23H27FN2O3. The van der Waals surface area contributed by atoms with Crippen LogP contribution in [0, 0.1) is 17.7 Å². The molecule has 2 atom stereocenters. The lowest BCUT2D eigenvalue weighted by Gasteiger charge is -2.30. The van der Waals surface area contributed by atoms with Crippen molar-refractivity contribution in [3.63, 3.8) is 0 Å². The SMILES string of the molecule is O=C(c1cccc(-c2cccc(F)c2)c1)N1C[C@@H](CN2CCOCC2)[C@@H](CO)C1. The molecule has 29 heavy (non-hydrogen) atoms. The molecule has 0 saturated carbocycles. The third-order valence-corrected chi connectivity index (χ3v) is 5.96. The molecule has 2 aliphatic rings. The molecule has 2 aliphatic heterocycles. The minimum absolute atomic E-state index is 0.0359. The van der Waals surface area contributed by atoms with Crippen molar-refractivity contribution in [2.45, 2.75) is 0 Å². The summed E-state index contributed by atoms with van der Waals surface area (Å²) in [5.41, 5.74) is 2.16. The second-order valence-corrected chi connectivity index (χ2v) is 7.92. The first kappa shape index (κ1) is 20.0. The van der Waals surface area contributed by atoms with Gasteiger partial charge in [0.1, 0.15) is 5.82 Å². The van der Waals surface area contributed by atoms with Gasteiger partial charge in [-0.1, -0.05) is 24.3 Å². The lowest BCUT2D eigenvalue weighted by molar-refractivity contribution is 0.0264. The van der Waals surface area contributed by atoms with Crippen LogP contribution in [0.2, 0.25) is 0 Å². The number of carbonyl (C=O) groups excluding carboxylic acids is 1. The number of amides is 1. The fourth-order valence-electron chi connectivity index (χ4n) is 4.32. The van der Waals surface area contributed by atoms with Crippen LogP contribution in [0.15, 0.2) is 48.5 Å². The zero-order chi connectivity index (χ0) is 20.2. The third kappa shape index (κ3) is 4.66. The van der Waals surface area contributed by atoms with E-state index in [-0.39, 0.29) is 30.2 Å². The molecule has 0 aromatic heterocycles. The normalized spacial score (nSPS) is 22.8. The zero-order valence-electron chi connectivity index (χ0n) is 16.5. The van der Waals surface area contributed by atoms with E-state index < -0.39 is 0 Å². The van der Waals surface area contributed by atoms with E-state index in [0.29, 0.717) is 18.7 Å². The maximum absolute atomic E-state index is 13.6. The number of aliphatic hydroxyl groups is 1. The lowest BCUT2D eigenvalue weighted by atomic mass is 9.96. The van der Waals surface area contributed by atoms with E-state index in [1.165, 1.54) is 12.1 Å². The minimum Gasteiger partial charge on any atom is -0.396 e. The van der Waals surface area contributed by atoms with Gasteiger partial charge in [-0.3, -0.25) is 9.69 Å². The summed E-state index contributed by atoms with van der Waals surface area (Å²) in [7, 11) is 0. The van der Waals surface area contributed by atoms with Crippen molar-refractivity contribution in [2.24, 2.45) is 11.8 Å². The van der Waals surface area contributed by atoms with Crippen molar-refractivity contribution in [2.75, 3.05) is 52.5 Å². The molecule has 0 bridgehead atoms. The summed E-state index contributed by atoms with van der Waals surface area (Å²) in [6.07, 6.45) is 0. The Bertz CT molecular complexity index is 854. The molecule has 2 saturated heterocycles. The van der Waals surface area contributed by atoms with Gasteiger partial charge in [0.25, 0.3) is 5.91 Å². The first-order valence-corrected chi connectivity index (χ1v) is 10.2. The second kappa shape index (κ2) is 9.03. The van der Waals surface area contributed by atoms with Crippen LogP contribution in [0.3, 0.4) is 0 Å². The number of halogens is 1. The summed E-state index contributed by atoms with van der Waals surface area (Å²) in [5.74, 6) is 0.0170. The lowest BCUT2D eigenvalue weighted by Crippen LogP contribution is -2.41. The summed E-state index contributed by atoms with van der Waals surface area (Å²) in [5, 5.41) is 9.84. The highest BCUT2D eigenvalue weighted by atomic mass is 19.1. The smallest absolute Gasteiger partial charge is 0.253 e. The van der Waals surface area contributed by atoms with Gasteiger partial charge in [-0.05, 0) is 41.3 Å². The van der Waals surface area contributed by atoms with Gasteiger partial charge >= 0.3 is 0 Å². The number of rotatable bonds is 5. The van der Waals surface area contributed by atoms with E-state index in [1.807, 2.05) is 29.2 Å². The number of morpholine rings is 1. The molecule has 0 spiro atoms. The molecule has 0 aliphatic carbocycles. The van der Waals surface area contributed by atoms with Crippen molar-refractivity contribution >= 4 is 5.91 Å². The Labute approximate surface area is 170 Å². The van der Waals surface area contributed by atoms with Gasteiger partial charge in [-0.2, -0.15) is 0 Å². The van der Waals surface area contributed by atoms with Gasteiger partial charge in [0.15, 0.2) is 0 Å². The minimum atomic E-state index is -0.296. The van der Waals surface area contributed by atoms with Crippen LogP contribution in [0.5, 0.6) is 0 Å². The number of hydrogen-bond acceptors (Lipinski definition) is 4. The molecule has 154 valence electrons. The number of ether oxygens (including phenoxy) is 1. The average molecular weight is 398 g/mol. The van der Waals surface area contributed by atoms with Gasteiger partial charge in [-0.25, -0.2) is 4.39 Å². The van der Waals surface area contributed by atoms with Crippen molar-refractivity contribution < 1.29 is 19.0 Å². The van der Waals surface area contributed by atoms with Crippen LogP contribution < -0.4 is 0 Å². The fourth-order valence-corrected chi connectivity index (χ4v) is 4.32. The quantitative estimate of drug-likeness (QED) is 0.841. The molecule has 2 aromatic carbocycles. The molecule has 4 rings (SSSR count). The van der Waals surface area contributed by atoms with E-state index in [0.717, 1.165) is 44.0 Å². The Kier molecular flexibility index (Phi) is 6.23. The predicted molar refractivity (Wildman–Crippen MR) is 109 cm³/mol. The average Bonchev–Trinajstić information content (AvgIpc) is 3.17. The monoisotopic (exact) mass is 398 g/mol. The van der Waals surface area contributed by atoms with Crippen LogP contribution in [-0.4, -0.2) is 73.4 Å². The Morgan fingerprint density at radius 3 is 2.45 bits per heavy atom. The van der Waals surface area contributed by atoms with E-state index in [1.54, 1.807) is 12.1 Å². The van der Waals surface area contributed by atoms with Crippen LogP contribution in [0.1, 0.15) is 10.4 Å². The highest BCUT2D eigenvalue weighted by molar-refractivity contribution is 5.95. The highest BCUT2D eigenvalue weighted by Crippen LogP contribution is 2.27. The number of benzene rings is 2. The summed E-state index contributed by atoms with van der Waals surface area (Å²) in [6, 6.07) is 13.7. The summed E-state index contributed by atoms with van der Waals surface area (Å²) in [6.45, 7) is 5.46. The number of hydrogen-bond donors (Lipinski definition) is 1. The highest BCUT2D eigenvalue weighted by Gasteiger charge is 2.36. The molecule has 2 aromatic rings. The van der Waals surface area contributed by atoms with Crippen molar-refractivity contribution in [1.82, 2.24) is 9.80 Å². The fraction of sp³-hybridized carbons (Fsp3) is 0.435. The van der Waals surface area contributed by atoms with E-state index in [4.69, 9.17) is 4.74 Å². The zero-order valence-corrected chi connectivity index (χ0v) is 16.5. The first-order valence-electron chi connectivity index (χ1n) is 10.2. The number of nitrogens with zero attached hydrogens (tertiary/aromatic N) is 2.